The number of rotatable bonds is 3. The van der Waals surface area contributed by atoms with E-state index >= 15 is 0 Å². The Labute approximate surface area is 273 Å². The molecule has 3 heteroatoms. The highest BCUT2D eigenvalue weighted by Crippen LogP contribution is 2.63. The SMILES string of the molecule is C1=CC2=C(CC1)c1ccccc1C21c2ccccc2-c2ccc(-c3nc4ccccc4nc3-c3ccc(-c4cccnc4)cc3)cc21. The molecule has 3 aliphatic rings. The minimum Gasteiger partial charge on any atom is -0.264 e. The van der Waals surface area contributed by atoms with Gasteiger partial charge in [0.2, 0.25) is 0 Å². The van der Waals surface area contributed by atoms with Crippen LogP contribution in [0, 0.1) is 0 Å². The lowest BCUT2D eigenvalue weighted by atomic mass is 9.69. The van der Waals surface area contributed by atoms with Crippen LogP contribution >= 0.6 is 0 Å². The molecule has 0 bridgehead atoms. The lowest BCUT2D eigenvalue weighted by Gasteiger charge is -2.32. The number of hydrogen-bond acceptors (Lipinski definition) is 3. The molecule has 1 spiro atoms. The van der Waals surface area contributed by atoms with E-state index in [1.165, 1.54) is 44.5 Å². The number of benzene rings is 5. The Morgan fingerprint density at radius 3 is 1.91 bits per heavy atom. The van der Waals surface area contributed by atoms with E-state index in [1.807, 2.05) is 30.5 Å². The minimum atomic E-state index is -0.361. The maximum Gasteiger partial charge on any atom is 0.0973 e. The predicted octanol–water partition coefficient (Wildman–Crippen LogP) is 10.5. The maximum absolute atomic E-state index is 5.32. The zero-order chi connectivity index (χ0) is 31.0. The summed E-state index contributed by atoms with van der Waals surface area (Å²) in [6.45, 7) is 0. The number of allylic oxidation sites excluding steroid dienone is 4. The van der Waals surface area contributed by atoms with E-state index in [0.717, 1.165) is 57.5 Å². The van der Waals surface area contributed by atoms with Crippen molar-refractivity contribution in [1.82, 2.24) is 15.0 Å². The van der Waals surface area contributed by atoms with Crippen molar-refractivity contribution >= 4 is 16.6 Å². The van der Waals surface area contributed by atoms with Crippen LogP contribution in [0.3, 0.4) is 0 Å². The molecular formula is C44H29N3. The van der Waals surface area contributed by atoms with Gasteiger partial charge in [0.15, 0.2) is 0 Å². The molecule has 2 heterocycles. The second-order valence-corrected chi connectivity index (χ2v) is 12.7. The van der Waals surface area contributed by atoms with E-state index in [4.69, 9.17) is 9.97 Å². The summed E-state index contributed by atoms with van der Waals surface area (Å²) in [4.78, 5) is 14.9. The second kappa shape index (κ2) is 10.0. The first-order valence-electron chi connectivity index (χ1n) is 16.3. The van der Waals surface area contributed by atoms with E-state index in [-0.39, 0.29) is 5.41 Å². The van der Waals surface area contributed by atoms with E-state index in [0.29, 0.717) is 0 Å². The molecule has 10 rings (SSSR count). The summed E-state index contributed by atoms with van der Waals surface area (Å²) < 4.78 is 0. The van der Waals surface area contributed by atoms with E-state index in [1.54, 1.807) is 6.20 Å². The Hall–Kier alpha value is -5.93. The van der Waals surface area contributed by atoms with Crippen LogP contribution < -0.4 is 0 Å². The fraction of sp³-hybridized carbons (Fsp3) is 0.0682. The van der Waals surface area contributed by atoms with Crippen LogP contribution in [0.1, 0.15) is 35.1 Å². The molecule has 7 aromatic rings. The zero-order valence-corrected chi connectivity index (χ0v) is 25.7. The highest BCUT2D eigenvalue weighted by Gasteiger charge is 2.52. The summed E-state index contributed by atoms with van der Waals surface area (Å²) in [5.74, 6) is 0. The zero-order valence-electron chi connectivity index (χ0n) is 25.7. The summed E-state index contributed by atoms with van der Waals surface area (Å²) >= 11 is 0. The largest absolute Gasteiger partial charge is 0.264 e. The van der Waals surface area contributed by atoms with Crippen molar-refractivity contribution in [1.29, 1.82) is 0 Å². The Bertz CT molecular complexity index is 2450. The van der Waals surface area contributed by atoms with Gasteiger partial charge in [-0.25, -0.2) is 9.97 Å². The molecule has 0 aliphatic heterocycles. The third-order valence-corrected chi connectivity index (χ3v) is 10.3. The highest BCUT2D eigenvalue weighted by atomic mass is 14.8. The van der Waals surface area contributed by atoms with Gasteiger partial charge in [-0.15, -0.1) is 0 Å². The lowest BCUT2D eigenvalue weighted by molar-refractivity contribution is 0.780. The smallest absolute Gasteiger partial charge is 0.0973 e. The van der Waals surface area contributed by atoms with Crippen LogP contribution in [0.4, 0.5) is 0 Å². The summed E-state index contributed by atoms with van der Waals surface area (Å²) in [6.07, 6.45) is 10.6. The van der Waals surface area contributed by atoms with Gasteiger partial charge in [-0.3, -0.25) is 4.98 Å². The fourth-order valence-electron chi connectivity index (χ4n) is 8.28. The Balaban J connectivity index is 1.22. The van der Waals surface area contributed by atoms with E-state index in [9.17, 15) is 0 Å². The molecule has 3 aliphatic carbocycles. The highest BCUT2D eigenvalue weighted by molar-refractivity contribution is 5.97. The number of nitrogens with zero attached hydrogens (tertiary/aromatic N) is 3. The normalized spacial score (nSPS) is 17.1. The molecule has 0 saturated carbocycles. The van der Waals surface area contributed by atoms with Crippen molar-refractivity contribution in [3.63, 3.8) is 0 Å². The van der Waals surface area contributed by atoms with Gasteiger partial charge in [0.05, 0.1) is 27.8 Å². The quantitative estimate of drug-likeness (QED) is 0.203. The topological polar surface area (TPSA) is 38.7 Å². The summed E-state index contributed by atoms with van der Waals surface area (Å²) in [7, 11) is 0. The first-order chi connectivity index (χ1) is 23.3. The average molecular weight is 600 g/mol. The second-order valence-electron chi connectivity index (χ2n) is 12.7. The monoisotopic (exact) mass is 599 g/mol. The Morgan fingerprint density at radius 1 is 0.511 bits per heavy atom. The molecule has 2 aromatic heterocycles. The number of para-hydroxylation sites is 2. The molecule has 5 aromatic carbocycles. The average Bonchev–Trinajstić information content (AvgIpc) is 3.62. The lowest BCUT2D eigenvalue weighted by Crippen LogP contribution is -2.27. The third-order valence-electron chi connectivity index (χ3n) is 10.3. The molecular weight excluding hydrogens is 571 g/mol. The van der Waals surface area contributed by atoms with Crippen molar-refractivity contribution in [3.05, 3.63) is 180 Å². The first kappa shape index (κ1) is 26.3. The van der Waals surface area contributed by atoms with Crippen LogP contribution in [0.5, 0.6) is 0 Å². The molecule has 0 N–H and O–H groups in total. The standard InChI is InChI=1S/C44H29N3/c1-4-14-36-32(11-1)33-12-2-5-15-37(33)44(36)38-16-6-3-13-34(38)35-24-23-30(26-39(35)44)43-42(46-40-17-7-8-18-41(40)47-43)29-21-19-28(20-22-29)31-10-9-25-45-27-31/h1,3-11,13-27H,2,12H2. The van der Waals surface area contributed by atoms with Crippen molar-refractivity contribution in [2.24, 2.45) is 0 Å². The number of hydrogen-bond donors (Lipinski definition) is 0. The summed E-state index contributed by atoms with van der Waals surface area (Å²) in [5, 5.41) is 0. The van der Waals surface area contributed by atoms with Crippen molar-refractivity contribution < 1.29 is 0 Å². The summed E-state index contributed by atoms with van der Waals surface area (Å²) in [5.41, 5.74) is 18.5. The van der Waals surface area contributed by atoms with Crippen LogP contribution in [-0.4, -0.2) is 15.0 Å². The molecule has 0 radical (unpaired) electrons. The maximum atomic E-state index is 5.32. The van der Waals surface area contributed by atoms with Crippen molar-refractivity contribution in [2.75, 3.05) is 0 Å². The number of aromatic nitrogens is 3. The molecule has 3 nitrogen and oxygen atoms in total. The number of fused-ring (bicyclic) bond motifs is 10. The van der Waals surface area contributed by atoms with Gasteiger partial charge in [-0.05, 0) is 92.8 Å². The molecule has 1 unspecified atom stereocenters. The predicted molar refractivity (Wildman–Crippen MR) is 191 cm³/mol. The molecule has 1 atom stereocenters. The number of pyridine rings is 1. The summed E-state index contributed by atoms with van der Waals surface area (Å²) in [6, 6.07) is 45.9. The molecule has 0 amide bonds. The van der Waals surface area contributed by atoms with Gasteiger partial charge in [0, 0.05) is 23.5 Å². The molecule has 0 fully saturated rings. The third kappa shape index (κ3) is 3.71. The van der Waals surface area contributed by atoms with E-state index in [2.05, 4.69) is 120 Å². The van der Waals surface area contributed by atoms with Crippen LogP contribution in [0.15, 0.2) is 158 Å². The van der Waals surface area contributed by atoms with Crippen molar-refractivity contribution in [2.45, 2.75) is 18.3 Å². The van der Waals surface area contributed by atoms with Gasteiger partial charge in [-0.1, -0.05) is 115 Å². The van der Waals surface area contributed by atoms with Crippen LogP contribution in [0.25, 0.3) is 61.4 Å². The van der Waals surface area contributed by atoms with Gasteiger partial charge in [0.1, 0.15) is 0 Å². The molecule has 220 valence electrons. The van der Waals surface area contributed by atoms with Crippen LogP contribution in [-0.2, 0) is 5.41 Å². The van der Waals surface area contributed by atoms with Gasteiger partial charge >= 0.3 is 0 Å². The Kier molecular flexibility index (Phi) is 5.62. The Morgan fingerprint density at radius 2 is 1.15 bits per heavy atom. The van der Waals surface area contributed by atoms with Gasteiger partial charge in [0.25, 0.3) is 0 Å². The fourth-order valence-corrected chi connectivity index (χ4v) is 8.28. The van der Waals surface area contributed by atoms with E-state index < -0.39 is 0 Å². The van der Waals surface area contributed by atoms with Gasteiger partial charge < -0.3 is 0 Å². The van der Waals surface area contributed by atoms with Crippen LogP contribution in [0.2, 0.25) is 0 Å². The van der Waals surface area contributed by atoms with Crippen molar-refractivity contribution in [3.8, 4) is 44.8 Å². The first-order valence-corrected chi connectivity index (χ1v) is 16.3. The minimum absolute atomic E-state index is 0.361. The van der Waals surface area contributed by atoms with Gasteiger partial charge in [-0.2, -0.15) is 0 Å². The molecule has 47 heavy (non-hydrogen) atoms. The molecule has 0 saturated heterocycles.